The molecule has 5 fully saturated rings. The Morgan fingerprint density at radius 1 is 0.914 bits per heavy atom. The van der Waals surface area contributed by atoms with Crippen LogP contribution in [-0.4, -0.2) is 132 Å². The molecule has 4 N–H and O–H groups in total. The van der Waals surface area contributed by atoms with Gasteiger partial charge in [0.15, 0.2) is 11.5 Å². The van der Waals surface area contributed by atoms with Crippen LogP contribution in [0, 0.1) is 18.7 Å². The highest BCUT2D eigenvalue weighted by Gasteiger charge is 2.35. The van der Waals surface area contributed by atoms with Crippen LogP contribution in [0.1, 0.15) is 72.5 Å². The molecule has 0 unspecified atom stereocenters. The van der Waals surface area contributed by atoms with Gasteiger partial charge in [0.25, 0.3) is 5.91 Å². The van der Waals surface area contributed by atoms with Crippen LogP contribution in [-0.2, 0) is 4.79 Å². The molecule has 16 nitrogen and oxygen atoms in total. The van der Waals surface area contributed by atoms with Gasteiger partial charge in [-0.2, -0.15) is 4.98 Å². The first-order valence-corrected chi connectivity index (χ1v) is 20.6. The average Bonchev–Trinajstić information content (AvgIpc) is 3.55. The number of halogens is 1. The fourth-order valence-corrected chi connectivity index (χ4v) is 9.27. The van der Waals surface area contributed by atoms with Gasteiger partial charge in [0, 0.05) is 82.9 Å². The first-order chi connectivity index (χ1) is 28.0. The van der Waals surface area contributed by atoms with Gasteiger partial charge >= 0.3 is 12.1 Å². The Morgan fingerprint density at radius 3 is 2.40 bits per heavy atom. The van der Waals surface area contributed by atoms with Crippen molar-refractivity contribution >= 4 is 52.7 Å². The van der Waals surface area contributed by atoms with Crippen molar-refractivity contribution in [2.75, 3.05) is 92.5 Å². The maximum Gasteiger partial charge on any atom is 0.328 e. The maximum atomic E-state index is 15.8. The third-order valence-corrected chi connectivity index (χ3v) is 12.6. The van der Waals surface area contributed by atoms with Crippen molar-refractivity contribution in [3.05, 3.63) is 59.0 Å². The number of aryl methyl sites for hydroxylation is 1. The highest BCUT2D eigenvalue weighted by molar-refractivity contribution is 6.06. The predicted molar refractivity (Wildman–Crippen MR) is 218 cm³/mol. The number of likely N-dealkylation sites (N-methyl/N-ethyl adjacent to an activating group) is 1. The molecule has 5 aliphatic heterocycles. The summed E-state index contributed by atoms with van der Waals surface area (Å²) in [6, 6.07) is 10.9. The van der Waals surface area contributed by atoms with Crippen LogP contribution in [0.3, 0.4) is 0 Å². The largest absolute Gasteiger partial charge is 0.372 e. The standard InChI is InChI=1S/C41H53FN12O4/c1-26-22-30(6-8-34(26)54-19-13-35(55)45-40(54)57)51-17-9-27(10-18-51)24-50-15-11-28(12-16-50)32-7-5-29(23-33(32)42)44-38-36(37(43)56)47-48-39(46-38)52-14-3-4-31(25-52)53-21-20-49(2)41(53)58/h5-8,22-23,27-28,31H,3-4,9-21,24-25H2,1-2H3,(H2,43,56)(H,44,46,48)(H,45,55,57)/t31-/m1/s1. The third kappa shape index (κ3) is 8.35. The Hall–Kier alpha value is -5.58. The van der Waals surface area contributed by atoms with E-state index in [1.54, 1.807) is 22.9 Å². The lowest BCUT2D eigenvalue weighted by molar-refractivity contribution is -0.120. The minimum absolute atomic E-state index is 0.0173. The molecule has 5 saturated heterocycles. The highest BCUT2D eigenvalue weighted by atomic mass is 19.1. The topological polar surface area (TPSA) is 176 Å². The van der Waals surface area contributed by atoms with Crippen molar-refractivity contribution in [1.29, 1.82) is 0 Å². The molecule has 6 amide bonds. The molecule has 2 aromatic carbocycles. The number of anilines is 5. The molecule has 58 heavy (non-hydrogen) atoms. The number of imide groups is 1. The van der Waals surface area contributed by atoms with E-state index < -0.39 is 5.91 Å². The van der Waals surface area contributed by atoms with E-state index in [1.807, 2.05) is 28.9 Å². The van der Waals surface area contributed by atoms with Crippen LogP contribution < -0.4 is 31.1 Å². The van der Waals surface area contributed by atoms with Gasteiger partial charge in [0.05, 0.1) is 6.04 Å². The number of nitrogens with one attached hydrogen (secondary N) is 2. The van der Waals surface area contributed by atoms with Gasteiger partial charge in [0.1, 0.15) is 5.82 Å². The summed E-state index contributed by atoms with van der Waals surface area (Å²) in [5.74, 6) is -0.204. The minimum Gasteiger partial charge on any atom is -0.372 e. The summed E-state index contributed by atoms with van der Waals surface area (Å²) >= 11 is 0. The Labute approximate surface area is 337 Å². The SMILES string of the molecule is Cc1cc(N2CCC(CN3CCC(c4ccc(Nc5nc(N6CCC[C@@H](N7CCN(C)C7=O)C6)nnc5C(N)=O)cc4F)CC3)CC2)ccc1N1CCC(=O)NC1=O. The second kappa shape index (κ2) is 16.7. The molecule has 1 atom stereocenters. The molecule has 6 heterocycles. The number of benzene rings is 2. The third-order valence-electron chi connectivity index (χ3n) is 12.6. The van der Waals surface area contributed by atoms with E-state index in [0.717, 1.165) is 88.2 Å². The van der Waals surface area contributed by atoms with E-state index in [0.29, 0.717) is 62.3 Å². The van der Waals surface area contributed by atoms with E-state index in [2.05, 4.69) is 47.7 Å². The molecular formula is C41H53FN12O4. The molecule has 0 radical (unpaired) electrons. The zero-order valence-corrected chi connectivity index (χ0v) is 33.3. The normalized spacial score (nSPS) is 21.5. The molecule has 5 aliphatic rings. The second-order valence-electron chi connectivity index (χ2n) is 16.4. The molecule has 0 aliphatic carbocycles. The van der Waals surface area contributed by atoms with Gasteiger partial charge in [-0.3, -0.25) is 19.8 Å². The lowest BCUT2D eigenvalue weighted by atomic mass is 9.88. The number of hydrogen-bond donors (Lipinski definition) is 3. The number of nitrogens with zero attached hydrogens (tertiary/aromatic N) is 9. The van der Waals surface area contributed by atoms with Crippen molar-refractivity contribution in [2.45, 2.75) is 63.8 Å². The lowest BCUT2D eigenvalue weighted by Gasteiger charge is -2.38. The number of carbonyl (C=O) groups is 4. The number of carbonyl (C=O) groups excluding carboxylic acids is 4. The van der Waals surface area contributed by atoms with E-state index in [9.17, 15) is 19.2 Å². The van der Waals surface area contributed by atoms with Crippen molar-refractivity contribution < 1.29 is 23.6 Å². The molecule has 308 valence electrons. The number of aromatic nitrogens is 3. The van der Waals surface area contributed by atoms with E-state index >= 15 is 4.39 Å². The first kappa shape index (κ1) is 39.3. The number of hydrogen-bond acceptors (Lipinski definition) is 11. The van der Waals surface area contributed by atoms with E-state index in [1.165, 1.54) is 6.07 Å². The zero-order valence-electron chi connectivity index (χ0n) is 33.3. The summed E-state index contributed by atoms with van der Waals surface area (Å²) in [7, 11) is 1.80. The van der Waals surface area contributed by atoms with Gasteiger partial charge in [-0.15, -0.1) is 10.2 Å². The Balaban J connectivity index is 0.829. The fraction of sp³-hybridized carbons (Fsp3) is 0.537. The van der Waals surface area contributed by atoms with Gasteiger partial charge in [0.2, 0.25) is 11.9 Å². The number of nitrogens with two attached hydrogens (primary N) is 1. The molecular weight excluding hydrogens is 744 g/mol. The van der Waals surface area contributed by atoms with Crippen LogP contribution >= 0.6 is 0 Å². The number of urea groups is 2. The molecule has 8 rings (SSSR count). The lowest BCUT2D eigenvalue weighted by Crippen LogP contribution is -2.49. The van der Waals surface area contributed by atoms with Gasteiger partial charge < -0.3 is 35.6 Å². The molecule has 17 heteroatoms. The van der Waals surface area contributed by atoms with Crippen LogP contribution in [0.2, 0.25) is 0 Å². The summed E-state index contributed by atoms with van der Waals surface area (Å²) < 4.78 is 15.8. The van der Waals surface area contributed by atoms with Crippen LogP contribution in [0.4, 0.5) is 42.8 Å². The maximum absolute atomic E-state index is 15.8. The molecule has 1 aromatic heterocycles. The number of primary amides is 1. The first-order valence-electron chi connectivity index (χ1n) is 20.6. The molecule has 0 saturated carbocycles. The van der Waals surface area contributed by atoms with Gasteiger partial charge in [-0.25, -0.2) is 14.0 Å². The molecule has 0 spiro atoms. The summed E-state index contributed by atoms with van der Waals surface area (Å²) in [6.07, 6.45) is 5.97. The van der Waals surface area contributed by atoms with Crippen LogP contribution in [0.25, 0.3) is 0 Å². The Kier molecular flexibility index (Phi) is 11.3. The quantitative estimate of drug-likeness (QED) is 0.270. The fourth-order valence-electron chi connectivity index (χ4n) is 9.27. The molecule has 3 aromatic rings. The number of piperidine rings is 3. The Morgan fingerprint density at radius 2 is 1.71 bits per heavy atom. The second-order valence-corrected chi connectivity index (χ2v) is 16.4. The predicted octanol–water partition coefficient (Wildman–Crippen LogP) is 4.04. The monoisotopic (exact) mass is 796 g/mol. The van der Waals surface area contributed by atoms with E-state index in [-0.39, 0.29) is 47.3 Å². The summed E-state index contributed by atoms with van der Waals surface area (Å²) in [5, 5.41) is 13.8. The molecule has 0 bridgehead atoms. The number of amides is 6. The van der Waals surface area contributed by atoms with Gasteiger partial charge in [-0.05, 0) is 112 Å². The van der Waals surface area contributed by atoms with Crippen molar-refractivity contribution in [3.8, 4) is 0 Å². The van der Waals surface area contributed by atoms with Crippen molar-refractivity contribution in [2.24, 2.45) is 11.7 Å². The van der Waals surface area contributed by atoms with Crippen LogP contribution in [0.15, 0.2) is 36.4 Å². The summed E-state index contributed by atoms with van der Waals surface area (Å²) in [5.41, 5.74) is 9.62. The zero-order chi connectivity index (χ0) is 40.5. The number of rotatable bonds is 10. The van der Waals surface area contributed by atoms with E-state index in [4.69, 9.17) is 5.73 Å². The average molecular weight is 797 g/mol. The summed E-state index contributed by atoms with van der Waals surface area (Å²) in [4.78, 5) is 65.7. The number of likely N-dealkylation sites (tertiary alicyclic amines) is 1. The van der Waals surface area contributed by atoms with Gasteiger partial charge in [-0.1, -0.05) is 6.07 Å². The minimum atomic E-state index is -0.794. The van der Waals surface area contributed by atoms with Crippen molar-refractivity contribution in [1.82, 2.24) is 35.2 Å². The smallest absolute Gasteiger partial charge is 0.328 e. The highest BCUT2D eigenvalue weighted by Crippen LogP contribution is 2.34. The van der Waals surface area contributed by atoms with Crippen LogP contribution in [0.5, 0.6) is 0 Å². The van der Waals surface area contributed by atoms with Crippen molar-refractivity contribution in [3.63, 3.8) is 0 Å². The summed E-state index contributed by atoms with van der Waals surface area (Å²) in [6.45, 7) is 9.79. The Bertz CT molecular complexity index is 2050.